The van der Waals surface area contributed by atoms with Crippen LogP contribution in [0.5, 0.6) is 0 Å². The molecule has 0 N–H and O–H groups in total. The van der Waals surface area contributed by atoms with E-state index in [2.05, 4.69) is 93.7 Å². The van der Waals surface area contributed by atoms with Gasteiger partial charge in [-0.3, -0.25) is 14.4 Å². The Labute approximate surface area is 402 Å². The Morgan fingerprint density at radius 1 is 0.323 bits per heavy atom. The highest BCUT2D eigenvalue weighted by atomic mass is 16.6. The molecule has 1 atom stereocenters. The maximum absolute atomic E-state index is 12.8. The van der Waals surface area contributed by atoms with Gasteiger partial charge in [0.25, 0.3) is 0 Å². The van der Waals surface area contributed by atoms with Crippen LogP contribution in [0.15, 0.2) is 72.9 Å². The molecule has 0 aromatic heterocycles. The molecule has 0 aliphatic rings. The first-order valence-electron chi connectivity index (χ1n) is 27.4. The Morgan fingerprint density at radius 2 is 0.600 bits per heavy atom. The van der Waals surface area contributed by atoms with Gasteiger partial charge >= 0.3 is 17.9 Å². The van der Waals surface area contributed by atoms with Gasteiger partial charge in [0.2, 0.25) is 0 Å². The molecule has 65 heavy (non-hydrogen) atoms. The molecule has 0 aromatic carbocycles. The van der Waals surface area contributed by atoms with Crippen LogP contribution >= 0.6 is 0 Å². The molecule has 0 unspecified atom stereocenters. The number of hydrogen-bond donors (Lipinski definition) is 0. The Morgan fingerprint density at radius 3 is 1.00 bits per heavy atom. The van der Waals surface area contributed by atoms with Gasteiger partial charge in [-0.1, -0.05) is 229 Å². The second-order valence-corrected chi connectivity index (χ2v) is 18.1. The van der Waals surface area contributed by atoms with E-state index in [0.29, 0.717) is 19.3 Å². The van der Waals surface area contributed by atoms with Gasteiger partial charge < -0.3 is 14.2 Å². The topological polar surface area (TPSA) is 78.9 Å². The fourth-order valence-electron chi connectivity index (χ4n) is 7.58. The van der Waals surface area contributed by atoms with Crippen LogP contribution in [0, 0.1) is 0 Å². The van der Waals surface area contributed by atoms with Gasteiger partial charge in [0.15, 0.2) is 6.10 Å². The molecule has 0 rings (SSSR count). The van der Waals surface area contributed by atoms with E-state index in [1.807, 2.05) is 0 Å². The number of allylic oxidation sites excluding steroid dienone is 12. The summed E-state index contributed by atoms with van der Waals surface area (Å²) in [6.45, 7) is 6.47. The zero-order valence-corrected chi connectivity index (χ0v) is 42.7. The Kier molecular flexibility index (Phi) is 50.9. The van der Waals surface area contributed by atoms with Gasteiger partial charge in [0, 0.05) is 19.3 Å². The number of ether oxygens (including phenoxy) is 3. The molecular formula is C59H102O6. The summed E-state index contributed by atoms with van der Waals surface area (Å²) in [7, 11) is 0. The van der Waals surface area contributed by atoms with Gasteiger partial charge in [-0.2, -0.15) is 0 Å². The average Bonchev–Trinajstić information content (AvgIpc) is 3.30. The van der Waals surface area contributed by atoms with Gasteiger partial charge in [-0.25, -0.2) is 0 Å². The third-order valence-corrected chi connectivity index (χ3v) is 11.7. The molecule has 6 nitrogen and oxygen atoms in total. The number of unbranched alkanes of at least 4 members (excludes halogenated alkanes) is 26. The standard InChI is InChI=1S/C59H102O6/c1-4-7-10-13-16-19-22-25-27-28-29-30-32-35-37-40-43-46-49-52-58(61)64-55-56(65-59(62)53-50-47-44-41-38-33-24-21-18-15-12-9-6-3)54-63-57(60)51-48-45-42-39-36-34-31-26-23-20-17-14-11-8-5-2/h8,11,16-17,19-20,25-27,31,36,39,56H,4-7,9-10,12-15,18,21-24,28-30,32-35,37-38,40-55H2,1-3H3/b11-8-,19-16-,20-17-,27-25-,31-26-,39-36-/t56-/m1/s1. The quantitative estimate of drug-likeness (QED) is 0.0262. The molecule has 0 bridgehead atoms. The summed E-state index contributed by atoms with van der Waals surface area (Å²) in [5, 5.41) is 0. The first-order chi connectivity index (χ1) is 32.0. The highest BCUT2D eigenvalue weighted by Gasteiger charge is 2.19. The van der Waals surface area contributed by atoms with Crippen LogP contribution < -0.4 is 0 Å². The fourth-order valence-corrected chi connectivity index (χ4v) is 7.58. The summed E-state index contributed by atoms with van der Waals surface area (Å²) < 4.78 is 16.8. The predicted octanol–water partition coefficient (Wildman–Crippen LogP) is 18.2. The maximum Gasteiger partial charge on any atom is 0.306 e. The Bertz CT molecular complexity index is 1230. The van der Waals surface area contributed by atoms with Gasteiger partial charge in [-0.05, 0) is 89.9 Å². The lowest BCUT2D eigenvalue weighted by Crippen LogP contribution is -2.30. The molecule has 0 fully saturated rings. The molecule has 6 heteroatoms. The summed E-state index contributed by atoms with van der Waals surface area (Å²) in [4.78, 5) is 38.0. The predicted molar refractivity (Wildman–Crippen MR) is 279 cm³/mol. The minimum atomic E-state index is -0.792. The Hall–Kier alpha value is -3.15. The van der Waals surface area contributed by atoms with Crippen LogP contribution in [0.25, 0.3) is 0 Å². The lowest BCUT2D eigenvalue weighted by Gasteiger charge is -2.18. The molecule has 0 saturated heterocycles. The molecule has 0 radical (unpaired) electrons. The number of carbonyl (C=O) groups excluding carboxylic acids is 3. The SMILES string of the molecule is CC/C=C\C/C=C\C/C=C\C/C=C\CCCCC(=O)OC[C@H](COC(=O)CCCCCCCCCCC/C=C\C/C=C\CCCCC)OC(=O)CCCCCCCCCCCCCCC. The molecule has 0 aliphatic heterocycles. The molecule has 0 spiro atoms. The van der Waals surface area contributed by atoms with E-state index >= 15 is 0 Å². The van der Waals surface area contributed by atoms with Crippen molar-refractivity contribution in [2.45, 2.75) is 271 Å². The minimum Gasteiger partial charge on any atom is -0.462 e. The zero-order valence-electron chi connectivity index (χ0n) is 42.7. The smallest absolute Gasteiger partial charge is 0.306 e. The maximum atomic E-state index is 12.8. The van der Waals surface area contributed by atoms with Crippen LogP contribution in [-0.4, -0.2) is 37.2 Å². The summed E-state index contributed by atoms with van der Waals surface area (Å²) >= 11 is 0. The summed E-state index contributed by atoms with van der Waals surface area (Å²) in [5.41, 5.74) is 0. The van der Waals surface area contributed by atoms with Crippen molar-refractivity contribution >= 4 is 17.9 Å². The van der Waals surface area contributed by atoms with Gasteiger partial charge in [0.1, 0.15) is 13.2 Å². The molecule has 374 valence electrons. The zero-order chi connectivity index (χ0) is 47.2. The first kappa shape index (κ1) is 61.9. The van der Waals surface area contributed by atoms with Crippen molar-refractivity contribution in [1.82, 2.24) is 0 Å². The van der Waals surface area contributed by atoms with Crippen molar-refractivity contribution in [3.63, 3.8) is 0 Å². The normalized spacial score (nSPS) is 12.6. The largest absolute Gasteiger partial charge is 0.462 e. The van der Waals surface area contributed by atoms with E-state index in [-0.39, 0.29) is 31.1 Å². The summed E-state index contributed by atoms with van der Waals surface area (Å²) in [6.07, 6.45) is 67.4. The molecule has 0 aliphatic carbocycles. The minimum absolute atomic E-state index is 0.0890. The second-order valence-electron chi connectivity index (χ2n) is 18.1. The van der Waals surface area contributed by atoms with E-state index in [0.717, 1.165) is 89.9 Å². The fraction of sp³-hybridized carbons (Fsp3) is 0.746. The molecule has 0 aromatic rings. The molecule has 0 saturated carbocycles. The monoisotopic (exact) mass is 907 g/mol. The highest BCUT2D eigenvalue weighted by Crippen LogP contribution is 2.15. The van der Waals surface area contributed by atoms with Crippen molar-refractivity contribution in [2.24, 2.45) is 0 Å². The van der Waals surface area contributed by atoms with Crippen LogP contribution in [0.3, 0.4) is 0 Å². The third-order valence-electron chi connectivity index (χ3n) is 11.7. The van der Waals surface area contributed by atoms with Crippen LogP contribution in [0.2, 0.25) is 0 Å². The second kappa shape index (κ2) is 53.5. The number of rotatable bonds is 49. The van der Waals surface area contributed by atoms with Crippen LogP contribution in [0.1, 0.15) is 265 Å². The molecular weight excluding hydrogens is 805 g/mol. The van der Waals surface area contributed by atoms with E-state index in [9.17, 15) is 14.4 Å². The number of carbonyl (C=O) groups is 3. The number of esters is 3. The average molecular weight is 907 g/mol. The summed E-state index contributed by atoms with van der Waals surface area (Å²) in [5.74, 6) is -0.929. The third kappa shape index (κ3) is 51.7. The first-order valence-corrected chi connectivity index (χ1v) is 27.4. The lowest BCUT2D eigenvalue weighted by molar-refractivity contribution is -0.167. The van der Waals surface area contributed by atoms with E-state index in [4.69, 9.17) is 14.2 Å². The van der Waals surface area contributed by atoms with Gasteiger partial charge in [-0.15, -0.1) is 0 Å². The van der Waals surface area contributed by atoms with E-state index in [1.165, 1.54) is 135 Å². The van der Waals surface area contributed by atoms with Crippen molar-refractivity contribution in [1.29, 1.82) is 0 Å². The van der Waals surface area contributed by atoms with Crippen LogP contribution in [0.4, 0.5) is 0 Å². The van der Waals surface area contributed by atoms with Crippen LogP contribution in [-0.2, 0) is 28.6 Å². The molecule has 0 heterocycles. The van der Waals surface area contributed by atoms with E-state index < -0.39 is 6.10 Å². The summed E-state index contributed by atoms with van der Waals surface area (Å²) in [6, 6.07) is 0. The van der Waals surface area contributed by atoms with Gasteiger partial charge in [0.05, 0.1) is 0 Å². The van der Waals surface area contributed by atoms with Crippen molar-refractivity contribution in [3.05, 3.63) is 72.9 Å². The Balaban J connectivity index is 4.40. The van der Waals surface area contributed by atoms with E-state index in [1.54, 1.807) is 0 Å². The van der Waals surface area contributed by atoms with Crippen molar-refractivity contribution in [2.75, 3.05) is 13.2 Å². The highest BCUT2D eigenvalue weighted by molar-refractivity contribution is 5.71. The van der Waals surface area contributed by atoms with Crippen molar-refractivity contribution in [3.8, 4) is 0 Å². The lowest BCUT2D eigenvalue weighted by atomic mass is 10.0. The van der Waals surface area contributed by atoms with Crippen molar-refractivity contribution < 1.29 is 28.6 Å². The number of hydrogen-bond acceptors (Lipinski definition) is 6. The molecule has 0 amide bonds.